The van der Waals surface area contributed by atoms with Gasteiger partial charge in [0.1, 0.15) is 12.4 Å². The van der Waals surface area contributed by atoms with E-state index in [9.17, 15) is 22.8 Å². The van der Waals surface area contributed by atoms with E-state index in [0.29, 0.717) is 5.82 Å². The minimum Gasteiger partial charge on any atom is -0.383 e. The molecule has 0 aliphatic heterocycles. The number of rotatable bonds is 8. The smallest absolute Gasteiger partial charge is 0.383 e. The van der Waals surface area contributed by atoms with Gasteiger partial charge in [-0.3, -0.25) is 4.79 Å². The number of carbonyl (C=O) groups excluding carboxylic acids is 2. The Balaban J connectivity index is 1.77. The first-order chi connectivity index (χ1) is 17.8. The quantitative estimate of drug-likeness (QED) is 0.395. The van der Waals surface area contributed by atoms with Gasteiger partial charge in [0.25, 0.3) is 0 Å². The number of methoxy groups -OCH3 is 1. The van der Waals surface area contributed by atoms with Gasteiger partial charge in [-0.15, -0.1) is 0 Å². The van der Waals surface area contributed by atoms with Crippen LogP contribution in [0.1, 0.15) is 37.6 Å². The normalized spacial score (nSPS) is 11.8. The Bertz CT molecular complexity index is 1250. The molecule has 2 N–H and O–H groups in total. The monoisotopic (exact) mass is 531 g/mol. The molecule has 0 bridgehead atoms. The van der Waals surface area contributed by atoms with Crippen molar-refractivity contribution in [2.45, 2.75) is 39.3 Å². The van der Waals surface area contributed by atoms with E-state index in [-0.39, 0.29) is 30.8 Å². The van der Waals surface area contributed by atoms with Crippen LogP contribution in [0.25, 0.3) is 5.69 Å². The Morgan fingerprint density at radius 1 is 1.00 bits per heavy atom. The number of nitrogens with one attached hydrogen (secondary N) is 2. The van der Waals surface area contributed by atoms with Crippen LogP contribution in [-0.4, -0.2) is 53.4 Å². The summed E-state index contributed by atoms with van der Waals surface area (Å²) in [5.41, 5.74) is 1.67. The van der Waals surface area contributed by atoms with Crippen molar-refractivity contribution in [2.24, 2.45) is 0 Å². The van der Waals surface area contributed by atoms with E-state index in [2.05, 4.69) is 15.7 Å². The van der Waals surface area contributed by atoms with Gasteiger partial charge in [0.2, 0.25) is 5.91 Å². The van der Waals surface area contributed by atoms with Crippen LogP contribution >= 0.6 is 0 Å². The number of ether oxygens (including phenoxy) is 1. The number of benzene rings is 2. The lowest BCUT2D eigenvalue weighted by atomic mass is 9.92. The molecule has 2 aromatic carbocycles. The fourth-order valence-corrected chi connectivity index (χ4v) is 3.47. The molecule has 0 fully saturated rings. The van der Waals surface area contributed by atoms with E-state index >= 15 is 0 Å². The van der Waals surface area contributed by atoms with Crippen LogP contribution in [0.4, 0.5) is 29.5 Å². The lowest BCUT2D eigenvalue weighted by Crippen LogP contribution is -2.42. The lowest BCUT2D eigenvalue weighted by Gasteiger charge is -2.22. The number of urea groups is 1. The van der Waals surface area contributed by atoms with Gasteiger partial charge in [-0.05, 0) is 43.3 Å². The van der Waals surface area contributed by atoms with E-state index in [4.69, 9.17) is 4.74 Å². The van der Waals surface area contributed by atoms with Gasteiger partial charge in [0.05, 0.1) is 23.6 Å². The number of hydrogen-bond acceptors (Lipinski definition) is 4. The number of halogens is 3. The second-order valence-corrected chi connectivity index (χ2v) is 9.88. The SMILES string of the molecule is COCCN(CC(=O)Nc1cc(C(C)(C)C)nn1-c1ccc(C)cc1)C(=O)Nc1ccc(C(F)(F)F)cc1. The Hall–Kier alpha value is -3.86. The highest BCUT2D eigenvalue weighted by molar-refractivity contribution is 5.96. The van der Waals surface area contributed by atoms with Crippen molar-refractivity contribution in [2.75, 3.05) is 37.4 Å². The molecule has 0 spiro atoms. The highest BCUT2D eigenvalue weighted by Crippen LogP contribution is 2.30. The summed E-state index contributed by atoms with van der Waals surface area (Å²) in [6.45, 7) is 7.93. The Kier molecular flexibility index (Phi) is 8.82. The van der Waals surface area contributed by atoms with Crippen LogP contribution in [0.2, 0.25) is 0 Å². The first-order valence-corrected chi connectivity index (χ1v) is 12.0. The second kappa shape index (κ2) is 11.7. The van der Waals surface area contributed by atoms with Gasteiger partial charge >= 0.3 is 12.2 Å². The summed E-state index contributed by atoms with van der Waals surface area (Å²) >= 11 is 0. The molecule has 0 atom stereocenters. The largest absolute Gasteiger partial charge is 0.416 e. The maximum Gasteiger partial charge on any atom is 0.416 e. The lowest BCUT2D eigenvalue weighted by molar-refractivity contribution is -0.137. The molecule has 11 heteroatoms. The van der Waals surface area contributed by atoms with Crippen molar-refractivity contribution in [3.8, 4) is 5.69 Å². The molecule has 1 heterocycles. The Labute approximate surface area is 219 Å². The number of carbonyl (C=O) groups is 2. The zero-order chi connectivity index (χ0) is 28.1. The molecule has 3 aromatic rings. The fraction of sp³-hybridized carbons (Fsp3) is 0.370. The summed E-state index contributed by atoms with van der Waals surface area (Å²) in [6.07, 6.45) is -4.48. The number of alkyl halides is 3. The molecule has 8 nitrogen and oxygen atoms in total. The molecule has 0 unspecified atom stereocenters. The van der Waals surface area contributed by atoms with Crippen molar-refractivity contribution in [1.82, 2.24) is 14.7 Å². The van der Waals surface area contributed by atoms with Crippen LogP contribution in [0.15, 0.2) is 54.6 Å². The molecule has 0 aliphatic carbocycles. The maximum absolute atomic E-state index is 13.1. The first-order valence-electron chi connectivity index (χ1n) is 12.0. The molecule has 38 heavy (non-hydrogen) atoms. The van der Waals surface area contributed by atoms with Crippen LogP contribution in [-0.2, 0) is 21.1 Å². The number of nitrogens with zero attached hydrogens (tertiary/aromatic N) is 3. The predicted molar refractivity (Wildman–Crippen MR) is 140 cm³/mol. The van der Waals surface area contributed by atoms with Crippen molar-refractivity contribution in [1.29, 1.82) is 0 Å². The number of aryl methyl sites for hydroxylation is 1. The third-order valence-corrected chi connectivity index (χ3v) is 5.67. The molecule has 204 valence electrons. The van der Waals surface area contributed by atoms with Gasteiger partial charge in [0, 0.05) is 30.8 Å². The molecular formula is C27H32F3N5O3. The summed E-state index contributed by atoms with van der Waals surface area (Å²) in [4.78, 5) is 27.2. The summed E-state index contributed by atoms with van der Waals surface area (Å²) in [6, 6.07) is 12.9. The molecule has 0 radical (unpaired) electrons. The molecule has 3 rings (SSSR count). The Morgan fingerprint density at radius 3 is 2.18 bits per heavy atom. The highest BCUT2D eigenvalue weighted by atomic mass is 19.4. The van der Waals surface area contributed by atoms with Gasteiger partial charge in [-0.2, -0.15) is 18.3 Å². The van der Waals surface area contributed by atoms with Crippen molar-refractivity contribution in [3.05, 3.63) is 71.4 Å². The van der Waals surface area contributed by atoms with E-state index in [0.717, 1.165) is 41.2 Å². The molecule has 0 aliphatic rings. The van der Waals surface area contributed by atoms with E-state index in [1.807, 2.05) is 52.0 Å². The number of anilines is 2. The average molecular weight is 532 g/mol. The molecule has 0 saturated heterocycles. The highest BCUT2D eigenvalue weighted by Gasteiger charge is 2.30. The first kappa shape index (κ1) is 28.7. The summed E-state index contributed by atoms with van der Waals surface area (Å²) in [5.74, 6) is -0.0315. The van der Waals surface area contributed by atoms with Crippen molar-refractivity contribution >= 4 is 23.4 Å². The minimum absolute atomic E-state index is 0.0842. The van der Waals surface area contributed by atoms with Gasteiger partial charge in [-0.25, -0.2) is 9.48 Å². The zero-order valence-corrected chi connectivity index (χ0v) is 22.0. The zero-order valence-electron chi connectivity index (χ0n) is 22.0. The average Bonchev–Trinajstić information content (AvgIpc) is 3.26. The fourth-order valence-electron chi connectivity index (χ4n) is 3.47. The number of amides is 3. The van der Waals surface area contributed by atoms with Crippen LogP contribution in [0.5, 0.6) is 0 Å². The summed E-state index contributed by atoms with van der Waals surface area (Å²) in [7, 11) is 1.46. The third-order valence-electron chi connectivity index (χ3n) is 5.67. The molecule has 3 amide bonds. The molecule has 0 saturated carbocycles. The Morgan fingerprint density at radius 2 is 1.63 bits per heavy atom. The predicted octanol–water partition coefficient (Wildman–Crippen LogP) is 5.62. The van der Waals surface area contributed by atoms with E-state index < -0.39 is 23.7 Å². The van der Waals surface area contributed by atoms with Crippen molar-refractivity contribution in [3.63, 3.8) is 0 Å². The van der Waals surface area contributed by atoms with Gasteiger partial charge < -0.3 is 20.3 Å². The molecule has 1 aromatic heterocycles. The summed E-state index contributed by atoms with van der Waals surface area (Å²) in [5, 5.41) is 10.1. The second-order valence-electron chi connectivity index (χ2n) is 9.88. The van der Waals surface area contributed by atoms with Gasteiger partial charge in [0.15, 0.2) is 0 Å². The van der Waals surface area contributed by atoms with E-state index in [1.54, 1.807) is 10.7 Å². The molecular weight excluding hydrogens is 499 g/mol. The standard InChI is InChI=1S/C27H32F3N5O3/c1-18-6-12-21(13-7-18)35-23(16-22(33-35)26(2,3)4)32-24(36)17-34(14-15-38-5)25(37)31-20-10-8-19(9-11-20)27(28,29)30/h6-13,16H,14-15,17H2,1-5H3,(H,31,37)(H,32,36). The van der Waals surface area contributed by atoms with Crippen molar-refractivity contribution < 1.29 is 27.5 Å². The minimum atomic E-state index is -4.48. The topological polar surface area (TPSA) is 88.5 Å². The number of aromatic nitrogens is 2. The van der Waals surface area contributed by atoms with E-state index in [1.165, 1.54) is 12.0 Å². The third kappa shape index (κ3) is 7.58. The maximum atomic E-state index is 13.1. The van der Waals surface area contributed by atoms with Crippen LogP contribution in [0, 0.1) is 6.92 Å². The number of hydrogen-bond donors (Lipinski definition) is 2. The van der Waals surface area contributed by atoms with Crippen LogP contribution < -0.4 is 10.6 Å². The van der Waals surface area contributed by atoms with Crippen LogP contribution in [0.3, 0.4) is 0 Å². The van der Waals surface area contributed by atoms with Gasteiger partial charge in [-0.1, -0.05) is 38.5 Å². The summed E-state index contributed by atoms with van der Waals surface area (Å²) < 4.78 is 45.2.